The van der Waals surface area contributed by atoms with Crippen molar-refractivity contribution in [3.8, 4) is 0 Å². The Morgan fingerprint density at radius 1 is 1.14 bits per heavy atom. The molecule has 1 aliphatic heterocycles. The van der Waals surface area contributed by atoms with Crippen LogP contribution in [0.5, 0.6) is 0 Å². The van der Waals surface area contributed by atoms with E-state index in [0.717, 1.165) is 6.42 Å². The molecule has 2 atom stereocenters. The van der Waals surface area contributed by atoms with Crippen molar-refractivity contribution in [1.29, 1.82) is 0 Å². The van der Waals surface area contributed by atoms with Gasteiger partial charge in [0.05, 0.1) is 6.04 Å². The first kappa shape index (κ1) is 13.8. The van der Waals surface area contributed by atoms with E-state index in [-0.39, 0.29) is 18.1 Å². The first-order chi connectivity index (χ1) is 10.2. The molecule has 1 aliphatic rings. The standard InChI is InChI=1S/C18H19NO2/c1-13(20)21-12-18-16-10-6-5-9-15(16)11-17(19-18)14-7-3-2-4-8-14/h2-10,17-19H,11-12H2,1H3/t17-,18+/m0/s1. The topological polar surface area (TPSA) is 38.3 Å². The van der Waals surface area contributed by atoms with Crippen LogP contribution in [0.4, 0.5) is 0 Å². The van der Waals surface area contributed by atoms with Gasteiger partial charge in [0.2, 0.25) is 0 Å². The third kappa shape index (κ3) is 3.14. The molecule has 3 rings (SSSR count). The molecule has 2 aromatic carbocycles. The number of benzene rings is 2. The molecule has 0 aliphatic carbocycles. The minimum Gasteiger partial charge on any atom is -0.464 e. The quantitative estimate of drug-likeness (QED) is 0.878. The Labute approximate surface area is 124 Å². The molecule has 0 bridgehead atoms. The molecule has 0 spiro atoms. The normalized spacial score (nSPS) is 20.6. The van der Waals surface area contributed by atoms with E-state index in [1.165, 1.54) is 23.6 Å². The van der Waals surface area contributed by atoms with Crippen LogP contribution >= 0.6 is 0 Å². The number of nitrogens with one attached hydrogen (secondary N) is 1. The molecule has 21 heavy (non-hydrogen) atoms. The van der Waals surface area contributed by atoms with Gasteiger partial charge in [0.1, 0.15) is 6.61 Å². The molecule has 1 N–H and O–H groups in total. The maximum Gasteiger partial charge on any atom is 0.302 e. The fraction of sp³-hybridized carbons (Fsp3) is 0.278. The van der Waals surface area contributed by atoms with Crippen molar-refractivity contribution in [3.05, 3.63) is 71.3 Å². The second kappa shape index (κ2) is 6.10. The van der Waals surface area contributed by atoms with Crippen molar-refractivity contribution in [3.63, 3.8) is 0 Å². The summed E-state index contributed by atoms with van der Waals surface area (Å²) in [7, 11) is 0. The molecule has 108 valence electrons. The second-order valence-corrected chi connectivity index (χ2v) is 5.39. The van der Waals surface area contributed by atoms with Gasteiger partial charge in [-0.3, -0.25) is 10.1 Å². The Morgan fingerprint density at radius 3 is 2.62 bits per heavy atom. The van der Waals surface area contributed by atoms with E-state index in [1.54, 1.807) is 0 Å². The highest BCUT2D eigenvalue weighted by molar-refractivity contribution is 5.66. The van der Waals surface area contributed by atoms with Gasteiger partial charge >= 0.3 is 5.97 Å². The second-order valence-electron chi connectivity index (χ2n) is 5.39. The SMILES string of the molecule is CC(=O)OC[C@H]1N[C@H](c2ccccc2)Cc2ccccc21. The Morgan fingerprint density at radius 2 is 1.86 bits per heavy atom. The average molecular weight is 281 g/mol. The van der Waals surface area contributed by atoms with E-state index in [0.29, 0.717) is 6.61 Å². The molecule has 0 fully saturated rings. The predicted octanol–water partition coefficient (Wildman–Crippen LogP) is 3.18. The number of ether oxygens (including phenoxy) is 1. The summed E-state index contributed by atoms with van der Waals surface area (Å²) in [5.74, 6) is -0.240. The van der Waals surface area contributed by atoms with Crippen LogP contribution in [0.25, 0.3) is 0 Å². The van der Waals surface area contributed by atoms with Gasteiger partial charge in [-0.05, 0) is 23.1 Å². The summed E-state index contributed by atoms with van der Waals surface area (Å²) in [6, 6.07) is 19.1. The van der Waals surface area contributed by atoms with Gasteiger partial charge in [0.15, 0.2) is 0 Å². The Bertz CT molecular complexity index is 624. The van der Waals surface area contributed by atoms with Crippen molar-refractivity contribution < 1.29 is 9.53 Å². The summed E-state index contributed by atoms with van der Waals surface area (Å²) in [4.78, 5) is 11.1. The molecule has 0 unspecified atom stereocenters. The lowest BCUT2D eigenvalue weighted by Gasteiger charge is -2.33. The maximum atomic E-state index is 11.1. The highest BCUT2D eigenvalue weighted by Crippen LogP contribution is 2.32. The molecule has 0 saturated carbocycles. The van der Waals surface area contributed by atoms with Gasteiger partial charge in [0.25, 0.3) is 0 Å². The van der Waals surface area contributed by atoms with Gasteiger partial charge in [-0.2, -0.15) is 0 Å². The van der Waals surface area contributed by atoms with Crippen LogP contribution in [0, 0.1) is 0 Å². The van der Waals surface area contributed by atoms with Gasteiger partial charge in [0, 0.05) is 13.0 Å². The fourth-order valence-electron chi connectivity index (χ4n) is 2.91. The number of carbonyl (C=O) groups is 1. The Hall–Kier alpha value is -2.13. The zero-order chi connectivity index (χ0) is 14.7. The third-order valence-electron chi connectivity index (χ3n) is 3.91. The maximum absolute atomic E-state index is 11.1. The Kier molecular flexibility index (Phi) is 4.02. The molecule has 3 heteroatoms. The van der Waals surface area contributed by atoms with Crippen LogP contribution in [-0.4, -0.2) is 12.6 Å². The lowest BCUT2D eigenvalue weighted by atomic mass is 9.87. The lowest BCUT2D eigenvalue weighted by molar-refractivity contribution is -0.141. The monoisotopic (exact) mass is 281 g/mol. The summed E-state index contributed by atoms with van der Waals surface area (Å²) in [6.07, 6.45) is 0.955. The first-order valence-electron chi connectivity index (χ1n) is 7.26. The van der Waals surface area contributed by atoms with Crippen LogP contribution in [0.1, 0.15) is 35.7 Å². The van der Waals surface area contributed by atoms with E-state index in [2.05, 4.69) is 47.8 Å². The highest BCUT2D eigenvalue weighted by atomic mass is 16.5. The predicted molar refractivity (Wildman–Crippen MR) is 81.8 cm³/mol. The summed E-state index contributed by atoms with van der Waals surface area (Å²) >= 11 is 0. The number of esters is 1. The van der Waals surface area contributed by atoms with Crippen molar-refractivity contribution in [2.24, 2.45) is 0 Å². The molecular weight excluding hydrogens is 262 g/mol. The van der Waals surface area contributed by atoms with Crippen LogP contribution in [0.3, 0.4) is 0 Å². The zero-order valence-corrected chi connectivity index (χ0v) is 12.1. The minimum atomic E-state index is -0.240. The number of hydrogen-bond acceptors (Lipinski definition) is 3. The Balaban J connectivity index is 1.87. The number of carbonyl (C=O) groups excluding carboxylic acids is 1. The minimum absolute atomic E-state index is 0.0454. The molecule has 0 saturated heterocycles. The number of fused-ring (bicyclic) bond motifs is 1. The van der Waals surface area contributed by atoms with E-state index < -0.39 is 0 Å². The molecule has 2 aromatic rings. The molecule has 0 amide bonds. The lowest BCUT2D eigenvalue weighted by Crippen LogP contribution is -2.36. The molecule has 1 heterocycles. The van der Waals surface area contributed by atoms with Gasteiger partial charge in [-0.1, -0.05) is 54.6 Å². The van der Waals surface area contributed by atoms with Crippen LogP contribution < -0.4 is 5.32 Å². The first-order valence-corrected chi connectivity index (χ1v) is 7.26. The molecule has 0 radical (unpaired) electrons. The van der Waals surface area contributed by atoms with E-state index in [1.807, 2.05) is 12.1 Å². The molecule has 3 nitrogen and oxygen atoms in total. The van der Waals surface area contributed by atoms with Crippen molar-refractivity contribution in [1.82, 2.24) is 5.32 Å². The smallest absolute Gasteiger partial charge is 0.302 e. The van der Waals surface area contributed by atoms with Crippen molar-refractivity contribution >= 4 is 5.97 Å². The van der Waals surface area contributed by atoms with Gasteiger partial charge in [-0.15, -0.1) is 0 Å². The highest BCUT2D eigenvalue weighted by Gasteiger charge is 2.27. The van der Waals surface area contributed by atoms with Gasteiger partial charge in [-0.25, -0.2) is 0 Å². The van der Waals surface area contributed by atoms with E-state index in [4.69, 9.17) is 4.74 Å². The molecule has 0 aromatic heterocycles. The summed E-state index contributed by atoms with van der Waals surface area (Å²) in [6.45, 7) is 1.82. The van der Waals surface area contributed by atoms with Gasteiger partial charge < -0.3 is 4.74 Å². The van der Waals surface area contributed by atoms with E-state index in [9.17, 15) is 4.79 Å². The number of rotatable bonds is 3. The fourth-order valence-corrected chi connectivity index (χ4v) is 2.91. The third-order valence-corrected chi connectivity index (χ3v) is 3.91. The summed E-state index contributed by atoms with van der Waals surface area (Å²) < 4.78 is 5.22. The zero-order valence-electron chi connectivity index (χ0n) is 12.1. The number of hydrogen-bond donors (Lipinski definition) is 1. The van der Waals surface area contributed by atoms with Crippen LogP contribution in [0.2, 0.25) is 0 Å². The van der Waals surface area contributed by atoms with Crippen molar-refractivity contribution in [2.45, 2.75) is 25.4 Å². The summed E-state index contributed by atoms with van der Waals surface area (Å²) in [5.41, 5.74) is 3.81. The van der Waals surface area contributed by atoms with Crippen LogP contribution in [-0.2, 0) is 16.0 Å². The molecular formula is C18H19NO2. The average Bonchev–Trinajstić information content (AvgIpc) is 2.53. The van der Waals surface area contributed by atoms with E-state index >= 15 is 0 Å². The van der Waals surface area contributed by atoms with Crippen molar-refractivity contribution in [2.75, 3.05) is 6.61 Å². The summed E-state index contributed by atoms with van der Waals surface area (Å²) in [5, 5.41) is 3.60. The largest absolute Gasteiger partial charge is 0.464 e. The van der Waals surface area contributed by atoms with Crippen LogP contribution in [0.15, 0.2) is 54.6 Å².